The van der Waals surface area contributed by atoms with Crippen LogP contribution in [0.5, 0.6) is 11.5 Å². The minimum absolute atomic E-state index is 0.0254. The molecule has 2 bridgehead atoms. The number of nitrogens with zero attached hydrogens (tertiary/aromatic N) is 4. The van der Waals surface area contributed by atoms with Gasteiger partial charge in [0.05, 0.1) is 27.0 Å². The topological polar surface area (TPSA) is 78.7 Å². The summed E-state index contributed by atoms with van der Waals surface area (Å²) in [4.78, 5) is 15.6. The van der Waals surface area contributed by atoms with E-state index in [4.69, 9.17) is 14.2 Å². The molecule has 0 unspecified atom stereocenters. The first kappa shape index (κ1) is 24.6. The van der Waals surface area contributed by atoms with Gasteiger partial charge in [0.2, 0.25) is 0 Å². The quantitative estimate of drug-likeness (QED) is 0.472. The molecule has 0 amide bonds. The van der Waals surface area contributed by atoms with Crippen LogP contribution in [0.4, 0.5) is 4.39 Å². The summed E-state index contributed by atoms with van der Waals surface area (Å²) in [5.41, 5.74) is 3.47. The van der Waals surface area contributed by atoms with Crippen molar-refractivity contribution in [3.05, 3.63) is 82.6 Å². The number of ether oxygens (including phenoxy) is 3. The van der Waals surface area contributed by atoms with Crippen LogP contribution in [-0.2, 0) is 34.5 Å². The van der Waals surface area contributed by atoms with E-state index in [1.165, 1.54) is 17.7 Å². The standard InChI is InChI=1S/C29H31FN4O4/c1-33-11-10-29-14-24(35)26(37-3)13-22(29)23(33)12-19-6-9-25(36-2)28(27(19)29)38-17-21-16-34(32-31-21)15-18-4-7-20(30)8-5-18/h4-9,13,16,22-23H,10-12,14-15,17H2,1-3H3/t22-,23+,29-/m1/s1. The first-order chi connectivity index (χ1) is 18.4. The van der Waals surface area contributed by atoms with E-state index < -0.39 is 0 Å². The van der Waals surface area contributed by atoms with Gasteiger partial charge in [-0.2, -0.15) is 0 Å². The molecule has 0 radical (unpaired) electrons. The van der Waals surface area contributed by atoms with E-state index in [0.29, 0.717) is 35.9 Å². The van der Waals surface area contributed by atoms with Gasteiger partial charge in [0.1, 0.15) is 18.1 Å². The number of fused-ring (bicyclic) bond motifs is 1. The van der Waals surface area contributed by atoms with Crippen LogP contribution in [0.2, 0.25) is 0 Å². The Bertz CT molecular complexity index is 1400. The molecule has 1 aliphatic heterocycles. The third-order valence-corrected chi connectivity index (χ3v) is 8.39. The normalized spacial score (nSPS) is 24.3. The zero-order valence-corrected chi connectivity index (χ0v) is 21.8. The number of rotatable bonds is 7. The lowest BCUT2D eigenvalue weighted by Gasteiger charge is -2.56. The van der Waals surface area contributed by atoms with Crippen LogP contribution < -0.4 is 9.47 Å². The van der Waals surface area contributed by atoms with Crippen molar-refractivity contribution in [1.29, 1.82) is 0 Å². The second kappa shape index (κ2) is 9.54. The average Bonchev–Trinajstić information content (AvgIpc) is 3.37. The molecule has 0 saturated carbocycles. The van der Waals surface area contributed by atoms with Gasteiger partial charge in [-0.05, 0) is 61.8 Å². The monoisotopic (exact) mass is 518 g/mol. The predicted molar refractivity (Wildman–Crippen MR) is 137 cm³/mol. The minimum atomic E-state index is -0.381. The van der Waals surface area contributed by atoms with Gasteiger partial charge in [0, 0.05) is 29.4 Å². The van der Waals surface area contributed by atoms with E-state index in [9.17, 15) is 9.18 Å². The first-order valence-corrected chi connectivity index (χ1v) is 12.9. The van der Waals surface area contributed by atoms with Crippen molar-refractivity contribution < 1.29 is 23.4 Å². The van der Waals surface area contributed by atoms with Crippen molar-refractivity contribution in [2.24, 2.45) is 5.92 Å². The lowest BCUT2D eigenvalue weighted by molar-refractivity contribution is -0.122. The lowest BCUT2D eigenvalue weighted by atomic mass is 9.53. The van der Waals surface area contributed by atoms with Crippen LogP contribution in [0.25, 0.3) is 0 Å². The largest absolute Gasteiger partial charge is 0.493 e. The Morgan fingerprint density at radius 1 is 1.13 bits per heavy atom. The molecule has 1 saturated heterocycles. The molecule has 2 aliphatic carbocycles. The Hall–Kier alpha value is -3.72. The summed E-state index contributed by atoms with van der Waals surface area (Å²) >= 11 is 0. The van der Waals surface area contributed by atoms with Crippen molar-refractivity contribution in [3.8, 4) is 11.5 Å². The number of aromatic nitrogens is 3. The Morgan fingerprint density at radius 3 is 2.71 bits per heavy atom. The number of carbonyl (C=O) groups is 1. The number of likely N-dealkylation sites (tertiary alicyclic amines) is 1. The summed E-state index contributed by atoms with van der Waals surface area (Å²) in [7, 11) is 5.36. The fourth-order valence-corrected chi connectivity index (χ4v) is 6.56. The van der Waals surface area contributed by atoms with Gasteiger partial charge in [0.15, 0.2) is 23.0 Å². The highest BCUT2D eigenvalue weighted by Gasteiger charge is 2.56. The number of hydrogen-bond acceptors (Lipinski definition) is 7. The van der Waals surface area contributed by atoms with Crippen LogP contribution in [0, 0.1) is 11.7 Å². The second-order valence-electron chi connectivity index (χ2n) is 10.5. The number of carbonyl (C=O) groups excluding carboxylic acids is 1. The Balaban J connectivity index is 1.33. The Kier molecular flexibility index (Phi) is 6.18. The fourth-order valence-electron chi connectivity index (χ4n) is 6.56. The highest BCUT2D eigenvalue weighted by Crippen LogP contribution is 2.58. The number of ketones is 1. The summed E-state index contributed by atoms with van der Waals surface area (Å²) in [6, 6.07) is 10.7. The molecular formula is C29H31FN4O4. The Labute approximate surface area is 221 Å². The molecule has 198 valence electrons. The van der Waals surface area contributed by atoms with E-state index in [0.717, 1.165) is 30.5 Å². The van der Waals surface area contributed by atoms with Crippen molar-refractivity contribution in [2.75, 3.05) is 27.8 Å². The number of likely N-dealkylation sites (N-methyl/N-ethyl adjacent to an activating group) is 1. The average molecular weight is 519 g/mol. The number of hydrogen-bond donors (Lipinski definition) is 0. The molecule has 3 atom stereocenters. The number of methoxy groups -OCH3 is 2. The molecule has 0 spiro atoms. The summed E-state index contributed by atoms with van der Waals surface area (Å²) < 4.78 is 32.7. The molecule has 9 heteroatoms. The van der Waals surface area contributed by atoms with Gasteiger partial charge >= 0.3 is 0 Å². The van der Waals surface area contributed by atoms with Gasteiger partial charge in [-0.25, -0.2) is 9.07 Å². The molecule has 2 aromatic carbocycles. The van der Waals surface area contributed by atoms with Gasteiger partial charge in [-0.3, -0.25) is 4.79 Å². The summed E-state index contributed by atoms with van der Waals surface area (Å²) in [5.74, 6) is 1.66. The van der Waals surface area contributed by atoms with Crippen LogP contribution in [-0.4, -0.2) is 59.5 Å². The van der Waals surface area contributed by atoms with Gasteiger partial charge in [-0.1, -0.05) is 23.4 Å². The fraction of sp³-hybridized carbons (Fsp3) is 0.414. The smallest absolute Gasteiger partial charge is 0.197 e. The van der Waals surface area contributed by atoms with Crippen LogP contribution >= 0.6 is 0 Å². The van der Waals surface area contributed by atoms with Crippen molar-refractivity contribution in [1.82, 2.24) is 19.9 Å². The molecule has 1 fully saturated rings. The van der Waals surface area contributed by atoms with Crippen LogP contribution in [0.1, 0.15) is 35.2 Å². The maximum atomic E-state index is 13.2. The third kappa shape index (κ3) is 4.05. The van der Waals surface area contributed by atoms with E-state index in [2.05, 4.69) is 28.3 Å². The van der Waals surface area contributed by atoms with Crippen molar-refractivity contribution in [2.45, 2.75) is 43.9 Å². The van der Waals surface area contributed by atoms with E-state index >= 15 is 0 Å². The first-order valence-electron chi connectivity index (χ1n) is 12.9. The number of halogens is 1. The minimum Gasteiger partial charge on any atom is -0.493 e. The van der Waals surface area contributed by atoms with Crippen molar-refractivity contribution >= 4 is 5.78 Å². The van der Waals surface area contributed by atoms with Gasteiger partial charge < -0.3 is 19.1 Å². The molecule has 6 rings (SSSR count). The summed E-state index contributed by atoms with van der Waals surface area (Å²) in [6.07, 6.45) is 5.95. The summed E-state index contributed by atoms with van der Waals surface area (Å²) in [6.45, 7) is 1.58. The zero-order valence-electron chi connectivity index (χ0n) is 21.8. The van der Waals surface area contributed by atoms with E-state index in [-0.39, 0.29) is 35.6 Å². The highest BCUT2D eigenvalue weighted by atomic mass is 19.1. The van der Waals surface area contributed by atoms with E-state index in [1.807, 2.05) is 18.3 Å². The number of Topliss-reactive ketones (excluding diaryl/α,β-unsaturated/α-hetero) is 1. The summed E-state index contributed by atoms with van der Waals surface area (Å²) in [5, 5.41) is 8.50. The highest BCUT2D eigenvalue weighted by molar-refractivity contribution is 5.96. The molecule has 3 aromatic rings. The molecule has 38 heavy (non-hydrogen) atoms. The molecule has 0 N–H and O–H groups in total. The third-order valence-electron chi connectivity index (χ3n) is 8.39. The number of allylic oxidation sites excluding steroid dienone is 1. The predicted octanol–water partition coefficient (Wildman–Crippen LogP) is 3.67. The molecule has 8 nitrogen and oxygen atoms in total. The molecule has 1 aromatic heterocycles. The lowest BCUT2D eigenvalue weighted by Crippen LogP contribution is -2.60. The molecule has 3 aliphatic rings. The van der Waals surface area contributed by atoms with Crippen LogP contribution in [0.15, 0.2) is 54.4 Å². The van der Waals surface area contributed by atoms with Gasteiger partial charge in [-0.15, -0.1) is 5.10 Å². The van der Waals surface area contributed by atoms with E-state index in [1.54, 1.807) is 31.0 Å². The second-order valence-corrected chi connectivity index (χ2v) is 10.5. The number of benzene rings is 2. The maximum Gasteiger partial charge on any atom is 0.197 e. The van der Waals surface area contributed by atoms with Crippen LogP contribution in [0.3, 0.4) is 0 Å². The Morgan fingerprint density at radius 2 is 1.95 bits per heavy atom. The van der Waals surface area contributed by atoms with Gasteiger partial charge in [0.25, 0.3) is 0 Å². The molecular weight excluding hydrogens is 487 g/mol. The van der Waals surface area contributed by atoms with Crippen molar-refractivity contribution in [3.63, 3.8) is 0 Å². The zero-order chi connectivity index (χ0) is 26.4. The maximum absolute atomic E-state index is 13.2. The molecule has 2 heterocycles. The number of piperidine rings is 1. The SMILES string of the molecule is COC1=C[C@@H]2[C@@H]3Cc4ccc(OC)c(OCc5cn(Cc6ccc(F)cc6)nn5)c4[C@]2(CCN3C)CC1=O.